The Morgan fingerprint density at radius 2 is 2.11 bits per heavy atom. The van der Waals surface area contributed by atoms with Crippen molar-refractivity contribution in [2.24, 2.45) is 0 Å². The number of ether oxygens (including phenoxy) is 1. The summed E-state index contributed by atoms with van der Waals surface area (Å²) in [6.45, 7) is 4.03. The van der Waals surface area contributed by atoms with Gasteiger partial charge in [-0.15, -0.1) is 0 Å². The van der Waals surface area contributed by atoms with Crippen molar-refractivity contribution in [1.29, 1.82) is 0 Å². The van der Waals surface area contributed by atoms with Crippen LogP contribution in [0.4, 0.5) is 0 Å². The molecule has 1 saturated heterocycles. The number of halogens is 1. The van der Waals surface area contributed by atoms with E-state index in [2.05, 4.69) is 0 Å². The highest BCUT2D eigenvalue weighted by Gasteiger charge is 2.41. The van der Waals surface area contributed by atoms with E-state index in [9.17, 15) is 4.79 Å². The lowest BCUT2D eigenvalue weighted by Crippen LogP contribution is -2.45. The van der Waals surface area contributed by atoms with Crippen LogP contribution in [0.3, 0.4) is 0 Å². The van der Waals surface area contributed by atoms with Crippen molar-refractivity contribution in [3.05, 3.63) is 42.0 Å². The second-order valence-electron chi connectivity index (χ2n) is 4.64. The summed E-state index contributed by atoms with van der Waals surface area (Å²) < 4.78 is 5.48. The zero-order chi connectivity index (χ0) is 13.2. The lowest BCUT2D eigenvalue weighted by atomic mass is 10.2. The smallest absolute Gasteiger partial charge is 0.250 e. The first-order valence-corrected chi connectivity index (χ1v) is 6.29. The Bertz CT molecular complexity index is 456. The van der Waals surface area contributed by atoms with Gasteiger partial charge < -0.3 is 4.74 Å². The summed E-state index contributed by atoms with van der Waals surface area (Å²) in [5.74, 6) is -0.138. The van der Waals surface area contributed by atoms with E-state index in [1.54, 1.807) is 11.0 Å². The van der Waals surface area contributed by atoms with Gasteiger partial charge >= 0.3 is 0 Å². The topological polar surface area (TPSA) is 29.5 Å². The Balaban J connectivity index is 2.11. The molecule has 1 fully saturated rings. The Morgan fingerprint density at radius 1 is 1.44 bits per heavy atom. The largest absolute Gasteiger partial charge is 0.353 e. The summed E-state index contributed by atoms with van der Waals surface area (Å²) >= 11 is 6.09. The van der Waals surface area contributed by atoms with Crippen LogP contribution in [0.1, 0.15) is 19.4 Å². The van der Waals surface area contributed by atoms with E-state index in [1.165, 1.54) is 6.08 Å². The van der Waals surface area contributed by atoms with Gasteiger partial charge in [0.2, 0.25) is 5.91 Å². The molecule has 18 heavy (non-hydrogen) atoms. The molecule has 0 radical (unpaired) electrons. The number of hydrogen-bond donors (Lipinski definition) is 0. The highest BCUT2D eigenvalue weighted by molar-refractivity contribution is 6.22. The van der Waals surface area contributed by atoms with Crippen molar-refractivity contribution in [2.75, 3.05) is 6.61 Å². The highest BCUT2D eigenvalue weighted by Crippen LogP contribution is 2.29. The number of benzene rings is 1. The van der Waals surface area contributed by atoms with Gasteiger partial charge in [-0.25, -0.2) is 0 Å². The maximum absolute atomic E-state index is 12.1. The predicted molar refractivity (Wildman–Crippen MR) is 72.0 cm³/mol. The van der Waals surface area contributed by atoms with Gasteiger partial charge in [0.15, 0.2) is 0 Å². The van der Waals surface area contributed by atoms with Crippen LogP contribution in [0.2, 0.25) is 0 Å². The Kier molecular flexibility index (Phi) is 3.73. The number of hydrogen-bond acceptors (Lipinski definition) is 2. The van der Waals surface area contributed by atoms with E-state index in [1.807, 2.05) is 44.2 Å². The molecular weight excluding hydrogens is 250 g/mol. The van der Waals surface area contributed by atoms with Gasteiger partial charge in [-0.3, -0.25) is 9.69 Å². The van der Waals surface area contributed by atoms with Crippen LogP contribution in [0.25, 0.3) is 6.08 Å². The van der Waals surface area contributed by atoms with E-state index in [0.29, 0.717) is 6.61 Å². The molecule has 3 nitrogen and oxygen atoms in total. The third kappa shape index (κ3) is 2.74. The van der Waals surface area contributed by atoms with Crippen LogP contribution >= 0.6 is 11.6 Å². The second-order valence-corrected chi connectivity index (χ2v) is 5.15. The molecule has 1 amide bonds. The highest BCUT2D eigenvalue weighted by atomic mass is 35.5. The lowest BCUT2D eigenvalue weighted by Gasteiger charge is -2.30. The minimum atomic E-state index is -0.648. The molecule has 1 unspecified atom stereocenters. The molecule has 1 aliphatic heterocycles. The van der Waals surface area contributed by atoms with Gasteiger partial charge in [0, 0.05) is 6.08 Å². The van der Waals surface area contributed by atoms with E-state index in [0.717, 1.165) is 5.56 Å². The maximum atomic E-state index is 12.1. The summed E-state index contributed by atoms with van der Waals surface area (Å²) in [6.07, 6.45) is 3.31. The van der Waals surface area contributed by atoms with Crippen LogP contribution in [0, 0.1) is 0 Å². The minimum absolute atomic E-state index is 0.138. The molecular formula is C14H16ClNO2. The fourth-order valence-corrected chi connectivity index (χ4v) is 2.36. The lowest BCUT2D eigenvalue weighted by molar-refractivity contribution is -0.139. The van der Waals surface area contributed by atoms with Crippen LogP contribution in [0.15, 0.2) is 36.4 Å². The average molecular weight is 266 g/mol. The molecule has 1 aromatic rings. The third-order valence-corrected chi connectivity index (χ3v) is 3.21. The summed E-state index contributed by atoms with van der Waals surface area (Å²) in [6, 6.07) is 9.67. The zero-order valence-electron chi connectivity index (χ0n) is 10.5. The molecule has 0 saturated carbocycles. The molecule has 1 aliphatic rings. The van der Waals surface area contributed by atoms with Crippen molar-refractivity contribution in [1.82, 2.24) is 4.90 Å². The quantitative estimate of drug-likeness (QED) is 0.468. The standard InChI is InChI=1S/C14H16ClNO2/c1-14(2)16(12(15)10-18-14)13(17)9-8-11-6-4-3-5-7-11/h3-9,12H,10H2,1-2H3/b9-8+. The number of amides is 1. The first kappa shape index (κ1) is 13.1. The molecule has 0 N–H and O–H groups in total. The fraction of sp³-hybridized carbons (Fsp3) is 0.357. The Labute approximate surface area is 112 Å². The van der Waals surface area contributed by atoms with E-state index in [-0.39, 0.29) is 5.91 Å². The summed E-state index contributed by atoms with van der Waals surface area (Å²) in [7, 11) is 0. The van der Waals surface area contributed by atoms with Crippen LogP contribution in [-0.2, 0) is 9.53 Å². The molecule has 0 bridgehead atoms. The normalized spacial score (nSPS) is 22.6. The van der Waals surface area contributed by atoms with Gasteiger partial charge in [-0.05, 0) is 25.5 Å². The van der Waals surface area contributed by atoms with Crippen LogP contribution in [-0.4, -0.2) is 28.6 Å². The number of carbonyl (C=O) groups excluding carboxylic acids is 1. The zero-order valence-corrected chi connectivity index (χ0v) is 11.2. The molecule has 4 heteroatoms. The van der Waals surface area contributed by atoms with E-state index in [4.69, 9.17) is 16.3 Å². The molecule has 1 aromatic carbocycles. The Hall–Kier alpha value is -1.32. The number of nitrogens with zero attached hydrogens (tertiary/aromatic N) is 1. The SMILES string of the molecule is CC1(C)OCC(Cl)N1C(=O)/C=C/c1ccccc1. The summed E-state index contributed by atoms with van der Waals surface area (Å²) in [4.78, 5) is 13.7. The fourth-order valence-electron chi connectivity index (χ4n) is 1.97. The summed E-state index contributed by atoms with van der Waals surface area (Å²) in [5.41, 5.74) is -0.0762. The van der Waals surface area contributed by atoms with Crippen molar-refractivity contribution in [2.45, 2.75) is 25.1 Å². The number of rotatable bonds is 2. The van der Waals surface area contributed by atoms with Gasteiger partial charge in [0.1, 0.15) is 11.2 Å². The van der Waals surface area contributed by atoms with Crippen molar-refractivity contribution < 1.29 is 9.53 Å². The molecule has 2 rings (SSSR count). The van der Waals surface area contributed by atoms with Crippen molar-refractivity contribution in [3.63, 3.8) is 0 Å². The third-order valence-electron chi connectivity index (χ3n) is 2.89. The predicted octanol–water partition coefficient (Wildman–Crippen LogP) is 2.86. The van der Waals surface area contributed by atoms with Crippen LogP contribution in [0.5, 0.6) is 0 Å². The first-order chi connectivity index (χ1) is 8.50. The van der Waals surface area contributed by atoms with Gasteiger partial charge in [-0.2, -0.15) is 0 Å². The molecule has 0 aliphatic carbocycles. The molecule has 1 heterocycles. The van der Waals surface area contributed by atoms with Crippen molar-refractivity contribution in [3.8, 4) is 0 Å². The summed E-state index contributed by atoms with van der Waals surface area (Å²) in [5, 5.41) is 0. The maximum Gasteiger partial charge on any atom is 0.250 e. The molecule has 0 spiro atoms. The monoisotopic (exact) mass is 265 g/mol. The van der Waals surface area contributed by atoms with E-state index >= 15 is 0 Å². The minimum Gasteiger partial charge on any atom is -0.353 e. The molecule has 1 atom stereocenters. The molecule has 96 valence electrons. The van der Waals surface area contributed by atoms with Gasteiger partial charge in [0.25, 0.3) is 0 Å². The van der Waals surface area contributed by atoms with Crippen LogP contribution < -0.4 is 0 Å². The number of carbonyl (C=O) groups is 1. The number of alkyl halides is 1. The van der Waals surface area contributed by atoms with Crippen molar-refractivity contribution >= 4 is 23.6 Å². The molecule has 0 aromatic heterocycles. The average Bonchev–Trinajstić information content (AvgIpc) is 2.62. The Morgan fingerprint density at radius 3 is 2.67 bits per heavy atom. The second kappa shape index (κ2) is 5.12. The van der Waals surface area contributed by atoms with Gasteiger partial charge in [-0.1, -0.05) is 41.9 Å². The van der Waals surface area contributed by atoms with E-state index < -0.39 is 11.2 Å². The van der Waals surface area contributed by atoms with Gasteiger partial charge in [0.05, 0.1) is 6.61 Å². The first-order valence-electron chi connectivity index (χ1n) is 5.85.